The molecule has 1 unspecified atom stereocenters. The van der Waals surface area contributed by atoms with Gasteiger partial charge < -0.3 is 4.90 Å². The maximum atomic E-state index is 4.88. The Bertz CT molecular complexity index is 1010. The van der Waals surface area contributed by atoms with Crippen LogP contribution >= 0.6 is 11.8 Å². The number of thioether (sulfide) groups is 1. The second kappa shape index (κ2) is 7.85. The van der Waals surface area contributed by atoms with Crippen LogP contribution in [0.4, 0.5) is 5.69 Å². The number of fused-ring (bicyclic) bond motifs is 3. The van der Waals surface area contributed by atoms with E-state index in [1.165, 1.54) is 32.8 Å². The van der Waals surface area contributed by atoms with E-state index < -0.39 is 0 Å². The highest BCUT2D eigenvalue weighted by molar-refractivity contribution is 8.02. The fourth-order valence-electron chi connectivity index (χ4n) is 4.63. The van der Waals surface area contributed by atoms with Crippen LogP contribution in [0.15, 0.2) is 59.6 Å². The zero-order chi connectivity index (χ0) is 19.8. The van der Waals surface area contributed by atoms with Gasteiger partial charge in [-0.1, -0.05) is 42.5 Å². The standard InChI is InChI=1S/C25H27N3S/c1-18-14-22-23(17-29-18)21-10-6-7-11-26-24(21)25(22)28-13-12-27(2)20(16-28)15-19-8-4-3-5-9-19/h3-11,14,20H,12-13,15-17H2,1-2H3. The molecule has 1 aromatic carbocycles. The minimum absolute atomic E-state index is 0.507. The molecule has 148 valence electrons. The summed E-state index contributed by atoms with van der Waals surface area (Å²) in [6.07, 6.45) is 5.41. The number of benzene rings is 1. The Morgan fingerprint density at radius 2 is 1.90 bits per heavy atom. The van der Waals surface area contributed by atoms with Gasteiger partial charge in [-0.2, -0.15) is 0 Å². The molecule has 1 aromatic rings. The van der Waals surface area contributed by atoms with Crippen molar-refractivity contribution in [3.63, 3.8) is 0 Å². The molecular weight excluding hydrogens is 374 g/mol. The van der Waals surface area contributed by atoms with Gasteiger partial charge in [0, 0.05) is 48.8 Å². The number of hydrogen-bond acceptors (Lipinski definition) is 4. The van der Waals surface area contributed by atoms with E-state index in [1.807, 2.05) is 24.0 Å². The van der Waals surface area contributed by atoms with Gasteiger partial charge >= 0.3 is 0 Å². The van der Waals surface area contributed by atoms with E-state index in [9.17, 15) is 0 Å². The van der Waals surface area contributed by atoms with E-state index in [0.717, 1.165) is 37.5 Å². The van der Waals surface area contributed by atoms with Crippen LogP contribution in [0.3, 0.4) is 0 Å². The molecule has 1 saturated heterocycles. The summed E-state index contributed by atoms with van der Waals surface area (Å²) in [4.78, 5) is 11.4. The minimum Gasteiger partial charge on any atom is -0.366 e. The van der Waals surface area contributed by atoms with Crippen LogP contribution in [-0.2, 0) is 12.2 Å². The van der Waals surface area contributed by atoms with E-state index in [2.05, 4.69) is 72.3 Å². The monoisotopic (exact) mass is 401 g/mol. The third kappa shape index (κ3) is 3.56. The van der Waals surface area contributed by atoms with E-state index in [1.54, 1.807) is 0 Å². The third-order valence-corrected chi connectivity index (χ3v) is 7.25. The summed E-state index contributed by atoms with van der Waals surface area (Å²) in [5.74, 6) is 1.04. The van der Waals surface area contributed by atoms with Crippen LogP contribution in [0, 0.1) is 0 Å². The van der Waals surface area contributed by atoms with Crippen LogP contribution in [0.1, 0.15) is 23.6 Å². The summed E-state index contributed by atoms with van der Waals surface area (Å²) >= 11 is 1.94. The average Bonchev–Trinajstić information content (AvgIpc) is 2.87. The van der Waals surface area contributed by atoms with E-state index in [-0.39, 0.29) is 0 Å². The van der Waals surface area contributed by atoms with Crippen LogP contribution in [0.5, 0.6) is 0 Å². The van der Waals surface area contributed by atoms with E-state index in [4.69, 9.17) is 4.98 Å². The van der Waals surface area contributed by atoms with Gasteiger partial charge in [0.25, 0.3) is 0 Å². The van der Waals surface area contributed by atoms with Crippen LogP contribution in [-0.4, -0.2) is 42.6 Å². The SMILES string of the molecule is CC1=Cc2c(c3ccccnc-3c2N2CCN(C)C(Cc3ccccc3)C2)CS1. The van der Waals surface area contributed by atoms with Gasteiger partial charge in [-0.05, 0) is 48.6 Å². The van der Waals surface area contributed by atoms with Crippen molar-refractivity contribution >= 4 is 23.5 Å². The lowest BCUT2D eigenvalue weighted by Gasteiger charge is -2.41. The molecule has 0 radical (unpaired) electrons. The number of aromatic nitrogens is 1. The first kappa shape index (κ1) is 18.7. The molecule has 1 fully saturated rings. The summed E-state index contributed by atoms with van der Waals surface area (Å²) in [5, 5.41) is 0. The molecule has 0 N–H and O–H groups in total. The van der Waals surface area contributed by atoms with E-state index in [0.29, 0.717) is 6.04 Å². The summed E-state index contributed by atoms with van der Waals surface area (Å²) < 4.78 is 0. The molecule has 4 aliphatic rings. The van der Waals surface area contributed by atoms with Crippen molar-refractivity contribution in [1.29, 1.82) is 0 Å². The number of rotatable bonds is 3. The van der Waals surface area contributed by atoms with Crippen molar-refractivity contribution in [3.05, 3.63) is 76.3 Å². The minimum atomic E-state index is 0.507. The smallest absolute Gasteiger partial charge is 0.0944 e. The van der Waals surface area contributed by atoms with Gasteiger partial charge in [-0.25, -0.2) is 0 Å². The van der Waals surface area contributed by atoms with Crippen molar-refractivity contribution in [3.8, 4) is 11.3 Å². The van der Waals surface area contributed by atoms with Crippen molar-refractivity contribution in [1.82, 2.24) is 9.88 Å². The lowest BCUT2D eigenvalue weighted by atomic mass is 10.0. The largest absolute Gasteiger partial charge is 0.366 e. The molecular formula is C25H27N3S. The molecule has 0 spiro atoms. The number of allylic oxidation sites excluding steroid dienone is 1. The molecule has 3 heterocycles. The normalized spacial score (nSPS) is 19.9. The van der Waals surface area contributed by atoms with Gasteiger partial charge in [0.05, 0.1) is 11.4 Å². The topological polar surface area (TPSA) is 19.4 Å². The molecule has 0 amide bonds. The van der Waals surface area contributed by atoms with Crippen molar-refractivity contribution in [2.45, 2.75) is 25.1 Å². The number of hydrogen-bond donors (Lipinski definition) is 0. The number of anilines is 1. The maximum Gasteiger partial charge on any atom is 0.0944 e. The van der Waals surface area contributed by atoms with Crippen molar-refractivity contribution in [2.75, 3.05) is 31.6 Å². The molecule has 1 atom stereocenters. The first-order valence-corrected chi connectivity index (χ1v) is 11.4. The fraction of sp³-hybridized carbons (Fsp3) is 0.320. The molecule has 5 rings (SSSR count). The maximum absolute atomic E-state index is 4.88. The van der Waals surface area contributed by atoms with Gasteiger partial charge in [-0.15, -0.1) is 11.8 Å². The average molecular weight is 402 g/mol. The van der Waals surface area contributed by atoms with Crippen LogP contribution < -0.4 is 4.90 Å². The Balaban J connectivity index is 1.53. The first-order chi connectivity index (χ1) is 14.2. The summed E-state index contributed by atoms with van der Waals surface area (Å²) in [7, 11) is 2.27. The zero-order valence-corrected chi connectivity index (χ0v) is 18.0. The van der Waals surface area contributed by atoms with Crippen molar-refractivity contribution < 1.29 is 0 Å². The molecule has 1 aliphatic carbocycles. The summed E-state index contributed by atoms with van der Waals surface area (Å²) in [5.41, 5.74) is 8.09. The van der Waals surface area contributed by atoms with Gasteiger partial charge in [0.2, 0.25) is 0 Å². The quantitative estimate of drug-likeness (QED) is 0.604. The Labute approximate surface area is 177 Å². The highest BCUT2D eigenvalue weighted by Gasteiger charge is 2.32. The number of likely N-dealkylation sites (N-methyl/N-ethyl adjacent to an activating group) is 1. The predicted octanol–water partition coefficient (Wildman–Crippen LogP) is 5.16. The Kier molecular flexibility index (Phi) is 5.06. The molecule has 3 aliphatic heterocycles. The first-order valence-electron chi connectivity index (χ1n) is 10.4. The third-order valence-electron chi connectivity index (χ3n) is 6.25. The predicted molar refractivity (Wildman–Crippen MR) is 125 cm³/mol. The zero-order valence-electron chi connectivity index (χ0n) is 17.1. The second-order valence-electron chi connectivity index (χ2n) is 8.15. The van der Waals surface area contributed by atoms with Crippen LogP contribution in [0.2, 0.25) is 0 Å². The molecule has 3 nitrogen and oxygen atoms in total. The van der Waals surface area contributed by atoms with Gasteiger partial charge in [-0.3, -0.25) is 9.88 Å². The molecule has 29 heavy (non-hydrogen) atoms. The summed E-state index contributed by atoms with van der Waals surface area (Å²) in [6, 6.07) is 17.8. The Morgan fingerprint density at radius 1 is 1.07 bits per heavy atom. The highest BCUT2D eigenvalue weighted by Crippen LogP contribution is 2.48. The van der Waals surface area contributed by atoms with Crippen LogP contribution in [0.25, 0.3) is 17.3 Å². The molecule has 0 saturated carbocycles. The Morgan fingerprint density at radius 3 is 2.76 bits per heavy atom. The molecule has 0 bridgehead atoms. The van der Waals surface area contributed by atoms with Gasteiger partial charge in [0.15, 0.2) is 0 Å². The summed E-state index contributed by atoms with van der Waals surface area (Å²) in [6.45, 7) is 5.39. The highest BCUT2D eigenvalue weighted by atomic mass is 32.2. The van der Waals surface area contributed by atoms with Crippen molar-refractivity contribution in [2.24, 2.45) is 0 Å². The lowest BCUT2D eigenvalue weighted by molar-refractivity contribution is 0.217. The lowest BCUT2D eigenvalue weighted by Crippen LogP contribution is -2.52. The second-order valence-corrected chi connectivity index (χ2v) is 9.37. The number of nitrogens with zero attached hydrogens (tertiary/aromatic N) is 3. The molecule has 4 heteroatoms. The van der Waals surface area contributed by atoms with E-state index >= 15 is 0 Å². The molecule has 0 aromatic heterocycles. The fourth-order valence-corrected chi connectivity index (χ4v) is 5.52. The van der Waals surface area contributed by atoms with Gasteiger partial charge in [0.1, 0.15) is 0 Å². The Hall–Kier alpha value is -2.30. The number of piperazine rings is 1.